The zero-order chi connectivity index (χ0) is 24.5. The third-order valence-corrected chi connectivity index (χ3v) is 5.27. The van der Waals surface area contributed by atoms with Crippen molar-refractivity contribution in [2.45, 2.75) is 25.5 Å². The van der Waals surface area contributed by atoms with E-state index in [0.29, 0.717) is 16.3 Å². The normalized spacial score (nSPS) is 12.7. The largest absolute Gasteiger partial charge is 0.479 e. The molecular formula is C25H22Cl2FN3O3. The molecule has 176 valence electrons. The minimum atomic E-state index is -0.938. The molecule has 0 radical (unpaired) electrons. The Hall–Kier alpha value is -3.42. The Morgan fingerprint density at radius 2 is 1.74 bits per heavy atom. The van der Waals surface area contributed by atoms with Gasteiger partial charge in [0.25, 0.3) is 11.8 Å². The predicted octanol–water partition coefficient (Wildman–Crippen LogP) is 4.78. The minimum Gasteiger partial charge on any atom is -0.479 e. The van der Waals surface area contributed by atoms with E-state index in [-0.39, 0.29) is 17.3 Å². The van der Waals surface area contributed by atoms with Gasteiger partial charge < -0.3 is 10.1 Å². The monoisotopic (exact) mass is 501 g/mol. The topological polar surface area (TPSA) is 79.8 Å². The highest BCUT2D eigenvalue weighted by atomic mass is 35.5. The zero-order valence-corrected chi connectivity index (χ0v) is 19.7. The lowest BCUT2D eigenvalue weighted by molar-refractivity contribution is -0.132. The Morgan fingerprint density at radius 1 is 1.03 bits per heavy atom. The van der Waals surface area contributed by atoms with Crippen molar-refractivity contribution in [3.05, 3.63) is 99.8 Å². The molecule has 0 aliphatic rings. The fourth-order valence-electron chi connectivity index (χ4n) is 2.96. The van der Waals surface area contributed by atoms with Crippen molar-refractivity contribution < 1.29 is 18.7 Å². The van der Waals surface area contributed by atoms with Crippen LogP contribution in [0.5, 0.6) is 5.75 Å². The molecule has 34 heavy (non-hydrogen) atoms. The summed E-state index contributed by atoms with van der Waals surface area (Å²) >= 11 is 12.0. The van der Waals surface area contributed by atoms with Crippen molar-refractivity contribution in [2.75, 3.05) is 0 Å². The van der Waals surface area contributed by atoms with Gasteiger partial charge >= 0.3 is 0 Å². The number of hydrogen-bond acceptors (Lipinski definition) is 4. The maximum atomic E-state index is 13.0. The van der Waals surface area contributed by atoms with Gasteiger partial charge in [0.15, 0.2) is 6.10 Å². The fourth-order valence-corrected chi connectivity index (χ4v) is 3.41. The molecule has 6 nitrogen and oxygen atoms in total. The molecule has 0 saturated heterocycles. The van der Waals surface area contributed by atoms with Crippen LogP contribution < -0.4 is 15.5 Å². The van der Waals surface area contributed by atoms with Crippen molar-refractivity contribution in [1.82, 2.24) is 10.7 Å². The Morgan fingerprint density at radius 3 is 2.41 bits per heavy atom. The highest BCUT2D eigenvalue weighted by Gasteiger charge is 2.25. The molecule has 0 fully saturated rings. The maximum Gasteiger partial charge on any atom is 0.262 e. The number of carbonyl (C=O) groups is 2. The smallest absolute Gasteiger partial charge is 0.262 e. The van der Waals surface area contributed by atoms with Gasteiger partial charge in [0.2, 0.25) is 0 Å². The van der Waals surface area contributed by atoms with E-state index in [1.807, 2.05) is 30.3 Å². The number of benzene rings is 3. The summed E-state index contributed by atoms with van der Waals surface area (Å²) in [5.74, 6) is -1.11. The molecule has 2 amide bonds. The van der Waals surface area contributed by atoms with Crippen molar-refractivity contribution in [2.24, 2.45) is 5.10 Å². The number of amides is 2. The van der Waals surface area contributed by atoms with Crippen LogP contribution in [0.25, 0.3) is 0 Å². The summed E-state index contributed by atoms with van der Waals surface area (Å²) in [5, 5.41) is 7.32. The molecule has 0 spiro atoms. The number of nitrogens with zero attached hydrogens (tertiary/aromatic N) is 1. The first kappa shape index (κ1) is 25.2. The van der Waals surface area contributed by atoms with E-state index in [9.17, 15) is 14.0 Å². The summed E-state index contributed by atoms with van der Waals surface area (Å²) in [4.78, 5) is 25.6. The van der Waals surface area contributed by atoms with Gasteiger partial charge in [0.1, 0.15) is 17.6 Å². The van der Waals surface area contributed by atoms with Gasteiger partial charge in [-0.3, -0.25) is 9.59 Å². The molecule has 3 rings (SSSR count). The lowest BCUT2D eigenvalue weighted by Gasteiger charge is -2.21. The van der Waals surface area contributed by atoms with E-state index in [1.54, 1.807) is 19.1 Å². The second-order valence-electron chi connectivity index (χ2n) is 7.37. The van der Waals surface area contributed by atoms with E-state index in [4.69, 9.17) is 27.9 Å². The van der Waals surface area contributed by atoms with Gasteiger partial charge in [-0.25, -0.2) is 9.82 Å². The molecule has 0 heterocycles. The SMILES string of the molecule is C[C@@H](Oc1ccc(Cl)cc1Cl)C(=O)N[C@@H](Cc1ccccc1)C(=O)N/N=C\c1ccc(F)cc1. The van der Waals surface area contributed by atoms with E-state index < -0.39 is 24.0 Å². The van der Waals surface area contributed by atoms with Crippen molar-refractivity contribution in [3.8, 4) is 5.75 Å². The van der Waals surface area contributed by atoms with Crippen molar-refractivity contribution in [1.29, 1.82) is 0 Å². The number of halogens is 3. The zero-order valence-electron chi connectivity index (χ0n) is 18.2. The van der Waals surface area contributed by atoms with E-state index in [2.05, 4.69) is 15.8 Å². The first-order valence-electron chi connectivity index (χ1n) is 10.4. The summed E-state index contributed by atoms with van der Waals surface area (Å²) in [6, 6.07) is 18.6. The Balaban J connectivity index is 1.68. The average Bonchev–Trinajstić information content (AvgIpc) is 2.82. The summed E-state index contributed by atoms with van der Waals surface area (Å²) in [7, 11) is 0. The maximum absolute atomic E-state index is 13.0. The third kappa shape index (κ3) is 7.57. The molecule has 0 bridgehead atoms. The molecule has 0 saturated carbocycles. The van der Waals surface area contributed by atoms with Gasteiger partial charge in [-0.15, -0.1) is 0 Å². The Labute approximate surface area is 206 Å². The second kappa shape index (κ2) is 12.2. The first-order valence-corrected chi connectivity index (χ1v) is 11.1. The molecule has 3 aromatic rings. The number of hydrazone groups is 1. The number of carbonyl (C=O) groups excluding carboxylic acids is 2. The number of ether oxygens (including phenoxy) is 1. The lowest BCUT2D eigenvalue weighted by atomic mass is 10.1. The van der Waals surface area contributed by atoms with E-state index >= 15 is 0 Å². The molecule has 3 aromatic carbocycles. The van der Waals surface area contributed by atoms with Gasteiger partial charge in [-0.2, -0.15) is 5.10 Å². The first-order chi connectivity index (χ1) is 16.3. The molecular weight excluding hydrogens is 480 g/mol. The average molecular weight is 502 g/mol. The minimum absolute atomic E-state index is 0.235. The quantitative estimate of drug-likeness (QED) is 0.327. The van der Waals surface area contributed by atoms with Gasteiger partial charge in [0.05, 0.1) is 11.2 Å². The second-order valence-corrected chi connectivity index (χ2v) is 8.22. The third-order valence-electron chi connectivity index (χ3n) is 4.74. The van der Waals surface area contributed by atoms with Crippen LogP contribution in [-0.4, -0.2) is 30.2 Å². The molecule has 0 unspecified atom stereocenters. The fraction of sp³-hybridized carbons (Fsp3) is 0.160. The van der Waals surface area contributed by atoms with Crippen molar-refractivity contribution in [3.63, 3.8) is 0 Å². The van der Waals surface area contributed by atoms with Crippen LogP contribution in [0.4, 0.5) is 4.39 Å². The highest BCUT2D eigenvalue weighted by molar-refractivity contribution is 6.35. The molecule has 0 aliphatic heterocycles. The summed E-state index contributed by atoms with van der Waals surface area (Å²) in [6.45, 7) is 1.55. The predicted molar refractivity (Wildman–Crippen MR) is 131 cm³/mol. The van der Waals surface area contributed by atoms with Crippen LogP contribution in [0, 0.1) is 5.82 Å². The number of hydrogen-bond donors (Lipinski definition) is 2. The number of rotatable bonds is 9. The van der Waals surface area contributed by atoms with Crippen LogP contribution in [0.2, 0.25) is 10.0 Å². The van der Waals surface area contributed by atoms with Gasteiger partial charge in [-0.1, -0.05) is 65.7 Å². The van der Waals surface area contributed by atoms with Crippen LogP contribution >= 0.6 is 23.2 Å². The summed E-state index contributed by atoms with van der Waals surface area (Å²) in [6.07, 6.45) is 0.679. The Bertz CT molecular complexity index is 1160. The standard InChI is InChI=1S/C25H22Cl2FN3O3/c1-16(34-23-12-9-19(26)14-21(23)27)24(32)30-22(13-17-5-3-2-4-6-17)25(33)31-29-15-18-7-10-20(28)11-8-18/h2-12,14-16,22H,13H2,1H3,(H,30,32)(H,31,33)/b29-15-/t16-,22+/m1/s1. The van der Waals surface area contributed by atoms with Gasteiger partial charge in [0, 0.05) is 11.4 Å². The Kier molecular flexibility index (Phi) is 9.01. The van der Waals surface area contributed by atoms with Gasteiger partial charge in [-0.05, 0) is 48.4 Å². The van der Waals surface area contributed by atoms with Crippen LogP contribution in [0.3, 0.4) is 0 Å². The molecule has 0 aliphatic carbocycles. The summed E-state index contributed by atoms with van der Waals surface area (Å²) < 4.78 is 18.7. The number of nitrogens with one attached hydrogen (secondary N) is 2. The summed E-state index contributed by atoms with van der Waals surface area (Å²) in [5.41, 5.74) is 3.87. The molecule has 0 aromatic heterocycles. The molecule has 2 N–H and O–H groups in total. The van der Waals surface area contributed by atoms with Crippen LogP contribution in [0.1, 0.15) is 18.1 Å². The molecule has 9 heteroatoms. The van der Waals surface area contributed by atoms with Crippen LogP contribution in [-0.2, 0) is 16.0 Å². The lowest BCUT2D eigenvalue weighted by Crippen LogP contribution is -2.50. The molecule has 2 atom stereocenters. The van der Waals surface area contributed by atoms with E-state index in [1.165, 1.54) is 36.5 Å². The highest BCUT2D eigenvalue weighted by Crippen LogP contribution is 2.28. The van der Waals surface area contributed by atoms with Crippen LogP contribution in [0.15, 0.2) is 77.9 Å². The van der Waals surface area contributed by atoms with Crippen molar-refractivity contribution >= 4 is 41.2 Å². The van der Waals surface area contributed by atoms with E-state index in [0.717, 1.165) is 5.56 Å².